The number of aryl methyl sites for hydroxylation is 2. The Bertz CT molecular complexity index is 846. The highest BCUT2D eigenvalue weighted by atomic mass is 16.7. The molecule has 1 fully saturated rings. The zero-order valence-corrected chi connectivity index (χ0v) is 12.2. The van der Waals surface area contributed by atoms with E-state index in [1.807, 2.05) is 12.1 Å². The molecule has 110 valence electrons. The molecule has 0 atom stereocenters. The van der Waals surface area contributed by atoms with Crippen molar-refractivity contribution in [1.29, 1.82) is 0 Å². The zero-order chi connectivity index (χ0) is 14.5. The van der Waals surface area contributed by atoms with Crippen LogP contribution in [0.25, 0.3) is 22.1 Å². The fraction of sp³-hybridized carbons (Fsp3) is 0.263. The van der Waals surface area contributed by atoms with E-state index in [-0.39, 0.29) is 6.29 Å². The van der Waals surface area contributed by atoms with Gasteiger partial charge in [0, 0.05) is 5.56 Å². The van der Waals surface area contributed by atoms with Gasteiger partial charge in [0.15, 0.2) is 5.76 Å². The average Bonchev–Trinajstić information content (AvgIpc) is 3.29. The van der Waals surface area contributed by atoms with E-state index >= 15 is 0 Å². The fourth-order valence-electron chi connectivity index (χ4n) is 3.61. The summed E-state index contributed by atoms with van der Waals surface area (Å²) >= 11 is 0. The molecular weight excluding hydrogens is 276 g/mol. The van der Waals surface area contributed by atoms with Crippen LogP contribution in [0.1, 0.15) is 23.2 Å². The van der Waals surface area contributed by atoms with Crippen molar-refractivity contribution in [2.24, 2.45) is 0 Å². The van der Waals surface area contributed by atoms with E-state index in [0.717, 1.165) is 29.9 Å². The molecule has 0 spiro atoms. The Labute approximate surface area is 128 Å². The maximum absolute atomic E-state index is 6.01. The Balaban J connectivity index is 1.65. The number of benzene rings is 2. The molecule has 3 aromatic rings. The van der Waals surface area contributed by atoms with Crippen molar-refractivity contribution in [1.82, 2.24) is 0 Å². The highest BCUT2D eigenvalue weighted by molar-refractivity contribution is 6.00. The molecule has 1 aromatic heterocycles. The Morgan fingerprint density at radius 2 is 1.64 bits per heavy atom. The van der Waals surface area contributed by atoms with Crippen molar-refractivity contribution < 1.29 is 13.9 Å². The largest absolute Gasteiger partial charge is 0.456 e. The summed E-state index contributed by atoms with van der Waals surface area (Å²) in [6.45, 7) is 1.25. The second-order valence-corrected chi connectivity index (χ2v) is 5.89. The summed E-state index contributed by atoms with van der Waals surface area (Å²) in [4.78, 5) is 0. The van der Waals surface area contributed by atoms with Gasteiger partial charge in [-0.25, -0.2) is 0 Å². The van der Waals surface area contributed by atoms with Crippen LogP contribution in [0.15, 0.2) is 46.9 Å². The lowest BCUT2D eigenvalue weighted by Crippen LogP contribution is -1.94. The van der Waals surface area contributed by atoms with Crippen molar-refractivity contribution in [3.63, 3.8) is 0 Å². The standard InChI is InChI=1S/C19H16O3/c1-2-12-4-5-13-6-7-14(15(3-1)18(12)13)16-8-9-17(22-16)19-20-10-11-21-19/h1-3,6-9,19H,4-5,10-11H2. The normalized spacial score (nSPS) is 17.6. The Kier molecular flexibility index (Phi) is 2.66. The zero-order valence-electron chi connectivity index (χ0n) is 12.2. The summed E-state index contributed by atoms with van der Waals surface area (Å²) in [5, 5.41) is 2.69. The Morgan fingerprint density at radius 1 is 0.818 bits per heavy atom. The molecule has 0 amide bonds. The van der Waals surface area contributed by atoms with Crippen molar-refractivity contribution in [3.8, 4) is 11.3 Å². The maximum Gasteiger partial charge on any atom is 0.217 e. The highest BCUT2D eigenvalue weighted by Crippen LogP contribution is 2.38. The average molecular weight is 292 g/mol. The van der Waals surface area contributed by atoms with Crippen LogP contribution in [0.3, 0.4) is 0 Å². The van der Waals surface area contributed by atoms with E-state index in [0.29, 0.717) is 13.2 Å². The van der Waals surface area contributed by atoms with E-state index in [2.05, 4.69) is 30.3 Å². The predicted octanol–water partition coefficient (Wildman–Crippen LogP) is 4.24. The summed E-state index contributed by atoms with van der Waals surface area (Å²) in [6, 6.07) is 14.9. The van der Waals surface area contributed by atoms with Crippen molar-refractivity contribution in [2.45, 2.75) is 19.1 Å². The number of hydrogen-bond donors (Lipinski definition) is 0. The number of ether oxygens (including phenoxy) is 2. The van der Waals surface area contributed by atoms with Crippen molar-refractivity contribution in [2.75, 3.05) is 13.2 Å². The molecule has 2 aliphatic rings. The molecule has 2 aromatic carbocycles. The van der Waals surface area contributed by atoms with Gasteiger partial charge in [-0.1, -0.05) is 30.3 Å². The molecule has 22 heavy (non-hydrogen) atoms. The highest BCUT2D eigenvalue weighted by Gasteiger charge is 2.23. The van der Waals surface area contributed by atoms with Crippen molar-refractivity contribution in [3.05, 3.63) is 59.4 Å². The van der Waals surface area contributed by atoms with Crippen LogP contribution in [-0.2, 0) is 22.3 Å². The van der Waals surface area contributed by atoms with Crippen LogP contribution in [0.4, 0.5) is 0 Å². The molecule has 0 N–H and O–H groups in total. The smallest absolute Gasteiger partial charge is 0.217 e. The monoisotopic (exact) mass is 292 g/mol. The Morgan fingerprint density at radius 3 is 2.50 bits per heavy atom. The minimum Gasteiger partial charge on any atom is -0.456 e. The summed E-state index contributed by atoms with van der Waals surface area (Å²) in [6.07, 6.45) is 1.93. The first kappa shape index (κ1) is 12.4. The van der Waals surface area contributed by atoms with Gasteiger partial charge in [0.2, 0.25) is 6.29 Å². The summed E-state index contributed by atoms with van der Waals surface area (Å²) < 4.78 is 17.0. The molecule has 0 saturated carbocycles. The minimum absolute atomic E-state index is 0.356. The van der Waals surface area contributed by atoms with Gasteiger partial charge in [0.05, 0.1) is 13.2 Å². The van der Waals surface area contributed by atoms with Crippen molar-refractivity contribution >= 4 is 10.8 Å². The van der Waals surface area contributed by atoms with Crippen LogP contribution in [0.2, 0.25) is 0 Å². The maximum atomic E-state index is 6.01. The second-order valence-electron chi connectivity index (χ2n) is 5.89. The molecule has 1 aliphatic carbocycles. The molecule has 0 radical (unpaired) electrons. The van der Waals surface area contributed by atoms with Gasteiger partial charge in [0.25, 0.3) is 0 Å². The van der Waals surface area contributed by atoms with E-state index in [4.69, 9.17) is 13.9 Å². The molecule has 1 saturated heterocycles. The van der Waals surface area contributed by atoms with E-state index < -0.39 is 0 Å². The first-order chi connectivity index (χ1) is 10.9. The molecule has 1 aliphatic heterocycles. The third-order valence-electron chi connectivity index (χ3n) is 4.62. The summed E-state index contributed by atoms with van der Waals surface area (Å²) in [7, 11) is 0. The first-order valence-electron chi connectivity index (χ1n) is 7.77. The van der Waals surface area contributed by atoms with Crippen LogP contribution in [-0.4, -0.2) is 13.2 Å². The third kappa shape index (κ3) is 1.76. The molecule has 3 heteroatoms. The second kappa shape index (κ2) is 4.70. The van der Waals surface area contributed by atoms with Crippen LogP contribution >= 0.6 is 0 Å². The lowest BCUT2D eigenvalue weighted by atomic mass is 9.99. The topological polar surface area (TPSA) is 31.6 Å². The van der Waals surface area contributed by atoms with E-state index in [9.17, 15) is 0 Å². The van der Waals surface area contributed by atoms with E-state index in [1.165, 1.54) is 21.9 Å². The SMILES string of the molecule is c1cc2c3c(ccc(-c4ccc(C5OCCO5)o4)c3c1)CC2. The van der Waals surface area contributed by atoms with Crippen LogP contribution in [0, 0.1) is 0 Å². The fourth-order valence-corrected chi connectivity index (χ4v) is 3.61. The van der Waals surface area contributed by atoms with Crippen LogP contribution in [0.5, 0.6) is 0 Å². The number of furan rings is 1. The number of rotatable bonds is 2. The minimum atomic E-state index is -0.356. The van der Waals surface area contributed by atoms with E-state index in [1.54, 1.807) is 0 Å². The summed E-state index contributed by atoms with van der Waals surface area (Å²) in [5.74, 6) is 1.63. The Hall–Kier alpha value is -2.10. The summed E-state index contributed by atoms with van der Waals surface area (Å²) in [5.41, 5.74) is 4.04. The molecule has 3 nitrogen and oxygen atoms in total. The quantitative estimate of drug-likeness (QED) is 0.708. The van der Waals surface area contributed by atoms with Gasteiger partial charge in [-0.3, -0.25) is 0 Å². The predicted molar refractivity (Wildman–Crippen MR) is 83.7 cm³/mol. The molecule has 2 heterocycles. The van der Waals surface area contributed by atoms with Gasteiger partial charge in [-0.2, -0.15) is 0 Å². The van der Waals surface area contributed by atoms with Gasteiger partial charge in [-0.15, -0.1) is 0 Å². The van der Waals surface area contributed by atoms with Gasteiger partial charge < -0.3 is 13.9 Å². The number of hydrogen-bond acceptors (Lipinski definition) is 3. The van der Waals surface area contributed by atoms with Gasteiger partial charge >= 0.3 is 0 Å². The van der Waals surface area contributed by atoms with Gasteiger partial charge in [0.1, 0.15) is 5.76 Å². The molecule has 5 rings (SSSR count). The lowest BCUT2D eigenvalue weighted by Gasteiger charge is -2.08. The third-order valence-corrected chi connectivity index (χ3v) is 4.62. The first-order valence-corrected chi connectivity index (χ1v) is 7.77. The molecule has 0 bridgehead atoms. The molecule has 0 unspecified atom stereocenters. The lowest BCUT2D eigenvalue weighted by molar-refractivity contribution is -0.0585. The van der Waals surface area contributed by atoms with Crippen LogP contribution < -0.4 is 0 Å². The molecular formula is C19H16O3. The van der Waals surface area contributed by atoms with Gasteiger partial charge in [-0.05, 0) is 46.9 Å².